The Morgan fingerprint density at radius 2 is 1.54 bits per heavy atom. The monoisotopic (exact) mass is 411 g/mol. The number of benzene rings is 1. The molecule has 0 bridgehead atoms. The van der Waals surface area contributed by atoms with Crippen LogP contribution in [0, 0.1) is 0 Å². The van der Waals surface area contributed by atoms with E-state index < -0.39 is 42.4 Å². The molecule has 1 heterocycles. The third-order valence-corrected chi connectivity index (χ3v) is 3.77. The molecule has 0 aromatic heterocycles. The van der Waals surface area contributed by atoms with Gasteiger partial charge in [-0.25, -0.2) is 0 Å². The highest BCUT2D eigenvalue weighted by Crippen LogP contribution is 2.23. The quantitative estimate of drug-likeness (QED) is 0.429. The van der Waals surface area contributed by atoms with Crippen molar-refractivity contribution in [1.82, 2.24) is 5.32 Å². The van der Waals surface area contributed by atoms with Crippen LogP contribution in [-0.2, 0) is 33.3 Å². The number of rotatable bonds is 5. The van der Waals surface area contributed by atoms with E-state index in [2.05, 4.69) is 5.32 Å². The van der Waals surface area contributed by atoms with Crippen LogP contribution in [0.25, 0.3) is 0 Å². The maximum atomic E-state index is 11.6. The number of carbonyl (C=O) groups excluding carboxylic acids is 3. The van der Waals surface area contributed by atoms with E-state index in [1.807, 2.05) is 6.07 Å². The van der Waals surface area contributed by atoms with E-state index in [0.717, 1.165) is 0 Å². The molecule has 0 saturated carbocycles. The second-order valence-corrected chi connectivity index (χ2v) is 6.27. The Hall–Kier alpha value is -2.72. The van der Waals surface area contributed by atoms with Crippen LogP contribution >= 0.6 is 12.2 Å². The van der Waals surface area contributed by atoms with Gasteiger partial charge in [0.25, 0.3) is 5.17 Å². The molecule has 0 amide bonds. The van der Waals surface area contributed by atoms with Gasteiger partial charge in [-0.1, -0.05) is 18.2 Å². The van der Waals surface area contributed by atoms with E-state index in [4.69, 9.17) is 35.9 Å². The molecule has 1 saturated heterocycles. The van der Waals surface area contributed by atoms with Gasteiger partial charge in [-0.3, -0.25) is 14.4 Å². The average molecular weight is 411 g/mol. The fraction of sp³-hybridized carbons (Fsp3) is 0.444. The fourth-order valence-electron chi connectivity index (χ4n) is 2.61. The number of nitrogens with one attached hydrogen (secondary N) is 1. The summed E-state index contributed by atoms with van der Waals surface area (Å²) in [6.45, 7) is 3.48. The molecular weight excluding hydrogens is 390 g/mol. The minimum absolute atomic E-state index is 0.0409. The first-order valence-corrected chi connectivity index (χ1v) is 8.83. The van der Waals surface area contributed by atoms with Crippen LogP contribution < -0.4 is 10.1 Å². The summed E-state index contributed by atoms with van der Waals surface area (Å²) in [5.74, 6) is -1.38. The molecule has 28 heavy (non-hydrogen) atoms. The number of hydrogen-bond acceptors (Lipinski definition) is 9. The topological polar surface area (TPSA) is 109 Å². The number of esters is 3. The summed E-state index contributed by atoms with van der Waals surface area (Å²) in [4.78, 5) is 34.5. The van der Waals surface area contributed by atoms with Gasteiger partial charge in [-0.05, 0) is 24.4 Å². The molecule has 9 nitrogen and oxygen atoms in total. The molecule has 0 unspecified atom stereocenters. The van der Waals surface area contributed by atoms with Crippen molar-refractivity contribution in [3.63, 3.8) is 0 Å². The van der Waals surface area contributed by atoms with E-state index >= 15 is 0 Å². The zero-order valence-electron chi connectivity index (χ0n) is 15.6. The van der Waals surface area contributed by atoms with Crippen molar-refractivity contribution in [3.05, 3.63) is 30.3 Å². The number of thiocarbonyl (C=S) groups is 1. The van der Waals surface area contributed by atoms with E-state index in [0.29, 0.717) is 5.75 Å². The lowest BCUT2D eigenvalue weighted by Gasteiger charge is -2.40. The molecule has 0 spiro atoms. The summed E-state index contributed by atoms with van der Waals surface area (Å²) in [5, 5.41) is 2.74. The Kier molecular flexibility index (Phi) is 7.70. The summed E-state index contributed by atoms with van der Waals surface area (Å²) in [5.41, 5.74) is 0. The van der Waals surface area contributed by atoms with Gasteiger partial charge in [0, 0.05) is 20.8 Å². The third kappa shape index (κ3) is 6.46. The maximum absolute atomic E-state index is 11.6. The number of hydrogen-bond donors (Lipinski definition) is 1. The molecule has 4 atom stereocenters. The Morgan fingerprint density at radius 1 is 0.964 bits per heavy atom. The molecule has 1 N–H and O–H groups in total. The average Bonchev–Trinajstić information content (AvgIpc) is 2.59. The first-order chi connectivity index (χ1) is 13.3. The second kappa shape index (κ2) is 10.00. The van der Waals surface area contributed by atoms with Crippen LogP contribution in [0.2, 0.25) is 0 Å². The van der Waals surface area contributed by atoms with Crippen molar-refractivity contribution < 1.29 is 38.1 Å². The number of carbonyl (C=O) groups is 3. The fourth-order valence-corrected chi connectivity index (χ4v) is 2.82. The van der Waals surface area contributed by atoms with E-state index in [9.17, 15) is 14.4 Å². The zero-order chi connectivity index (χ0) is 20.7. The lowest BCUT2D eigenvalue weighted by atomic mass is 10.0. The van der Waals surface area contributed by atoms with Crippen molar-refractivity contribution in [2.24, 2.45) is 0 Å². The molecule has 152 valence electrons. The summed E-state index contributed by atoms with van der Waals surface area (Å²) >= 11 is 5.16. The Labute approximate surface area is 167 Å². The summed E-state index contributed by atoms with van der Waals surface area (Å²) in [6.07, 6.45) is -4.16. The highest BCUT2D eigenvalue weighted by atomic mass is 32.1. The van der Waals surface area contributed by atoms with Gasteiger partial charge in [-0.2, -0.15) is 0 Å². The lowest BCUT2D eigenvalue weighted by Crippen LogP contribution is -2.62. The second-order valence-electron chi connectivity index (χ2n) is 5.90. The van der Waals surface area contributed by atoms with Gasteiger partial charge in [0.1, 0.15) is 5.75 Å². The first kappa shape index (κ1) is 21.6. The van der Waals surface area contributed by atoms with Gasteiger partial charge in [0.05, 0.1) is 6.61 Å². The largest absolute Gasteiger partial charge is 0.456 e. The smallest absolute Gasteiger partial charge is 0.303 e. The predicted octanol–water partition coefficient (Wildman–Crippen LogP) is 1.09. The molecule has 0 aliphatic carbocycles. The van der Waals surface area contributed by atoms with Crippen molar-refractivity contribution in [3.8, 4) is 5.75 Å². The van der Waals surface area contributed by atoms with Crippen LogP contribution in [0.5, 0.6) is 5.75 Å². The first-order valence-electron chi connectivity index (χ1n) is 8.43. The minimum atomic E-state index is -1.13. The van der Waals surface area contributed by atoms with Gasteiger partial charge in [0.2, 0.25) is 0 Å². The van der Waals surface area contributed by atoms with Gasteiger partial charge in [-0.15, -0.1) is 0 Å². The molecule has 1 aromatic carbocycles. The third-order valence-electron chi connectivity index (χ3n) is 3.56. The van der Waals surface area contributed by atoms with Crippen molar-refractivity contribution in [2.45, 2.75) is 45.3 Å². The van der Waals surface area contributed by atoms with Crippen LogP contribution in [0.4, 0.5) is 0 Å². The van der Waals surface area contributed by atoms with Crippen LogP contribution in [0.1, 0.15) is 20.8 Å². The Balaban J connectivity index is 2.16. The highest BCUT2D eigenvalue weighted by Gasteiger charge is 2.47. The maximum Gasteiger partial charge on any atom is 0.303 e. The summed E-state index contributed by atoms with van der Waals surface area (Å²) in [7, 11) is 0. The lowest BCUT2D eigenvalue weighted by molar-refractivity contribution is -0.228. The molecule has 2 rings (SSSR count). The Morgan fingerprint density at radius 3 is 2.11 bits per heavy atom. The zero-order valence-corrected chi connectivity index (χ0v) is 16.4. The van der Waals surface area contributed by atoms with Crippen molar-refractivity contribution in [2.75, 3.05) is 6.61 Å². The molecular formula is C18H21NO8S. The predicted molar refractivity (Wildman–Crippen MR) is 99.2 cm³/mol. The molecule has 1 aromatic rings. The van der Waals surface area contributed by atoms with Crippen LogP contribution in [0.3, 0.4) is 0 Å². The SMILES string of the molecule is CC(=O)O[C@@H]1[C@@H](OC(C)=O)[C@@H](NC(=S)Oc2ccccc2)OC[C@H]1OC(C)=O. The molecule has 10 heteroatoms. The molecule has 1 fully saturated rings. The van der Waals surface area contributed by atoms with Crippen molar-refractivity contribution in [1.29, 1.82) is 0 Å². The van der Waals surface area contributed by atoms with Gasteiger partial charge >= 0.3 is 17.9 Å². The molecule has 0 radical (unpaired) electrons. The van der Waals surface area contributed by atoms with Gasteiger partial charge in [0.15, 0.2) is 24.5 Å². The minimum Gasteiger partial charge on any atom is -0.456 e. The van der Waals surface area contributed by atoms with E-state index in [1.165, 1.54) is 20.8 Å². The molecule has 1 aliphatic heterocycles. The van der Waals surface area contributed by atoms with Crippen molar-refractivity contribution >= 4 is 35.3 Å². The standard InChI is InChI=1S/C18H21NO8S/c1-10(20)24-14-9-23-17(16(26-12(3)22)15(14)25-11(2)21)19-18(28)27-13-7-5-4-6-8-13/h4-8,14-17H,9H2,1-3H3,(H,19,28)/t14-,15+,16-,17+/m1/s1. The molecule has 1 aliphatic rings. The normalized spacial score (nSPS) is 23.8. The van der Waals surface area contributed by atoms with Crippen LogP contribution in [-0.4, -0.2) is 54.2 Å². The van der Waals surface area contributed by atoms with E-state index in [-0.39, 0.29) is 11.8 Å². The number of para-hydroxylation sites is 1. The summed E-state index contributed by atoms with van der Waals surface area (Å²) in [6, 6.07) is 8.78. The highest BCUT2D eigenvalue weighted by molar-refractivity contribution is 7.80. The number of ether oxygens (including phenoxy) is 5. The van der Waals surface area contributed by atoms with Crippen LogP contribution in [0.15, 0.2) is 30.3 Å². The summed E-state index contributed by atoms with van der Waals surface area (Å²) < 4.78 is 26.7. The van der Waals surface area contributed by atoms with Gasteiger partial charge < -0.3 is 29.0 Å². The Bertz CT molecular complexity index is 726. The van der Waals surface area contributed by atoms with E-state index in [1.54, 1.807) is 24.3 Å².